The van der Waals surface area contributed by atoms with Gasteiger partial charge in [-0.05, 0) is 23.8 Å². The largest absolute Gasteiger partial charge is 0.497 e. The molecule has 5 heteroatoms. The van der Waals surface area contributed by atoms with Crippen LogP contribution in [-0.2, 0) is 11.2 Å². The maximum atomic E-state index is 11.4. The standard InChI is InChI=1S/C17H16N2O3/c1-21-15-7-8-19-14(10-15)11-18-16(19)9-12-3-5-13(6-4-12)17(20)22-2/h3-8,10-11H,9H2,1-2H3. The average molecular weight is 296 g/mol. The molecule has 22 heavy (non-hydrogen) atoms. The number of ether oxygens (including phenoxy) is 2. The lowest BCUT2D eigenvalue weighted by Gasteiger charge is -2.05. The van der Waals surface area contributed by atoms with Crippen LogP contribution in [0.15, 0.2) is 48.8 Å². The van der Waals surface area contributed by atoms with Crippen LogP contribution in [0.25, 0.3) is 5.52 Å². The molecule has 0 atom stereocenters. The van der Waals surface area contributed by atoms with Crippen LogP contribution in [-0.4, -0.2) is 29.6 Å². The van der Waals surface area contributed by atoms with Gasteiger partial charge in [0.25, 0.3) is 0 Å². The summed E-state index contributed by atoms with van der Waals surface area (Å²) in [6.07, 6.45) is 4.45. The van der Waals surface area contributed by atoms with E-state index < -0.39 is 0 Å². The van der Waals surface area contributed by atoms with E-state index in [0.717, 1.165) is 22.7 Å². The van der Waals surface area contributed by atoms with Crippen molar-refractivity contribution in [3.8, 4) is 5.75 Å². The minimum absolute atomic E-state index is 0.329. The number of hydrogen-bond donors (Lipinski definition) is 0. The van der Waals surface area contributed by atoms with Gasteiger partial charge in [0.1, 0.15) is 11.6 Å². The predicted octanol–water partition coefficient (Wildman–Crippen LogP) is 2.72. The molecule has 0 saturated heterocycles. The Morgan fingerprint density at radius 2 is 1.95 bits per heavy atom. The summed E-state index contributed by atoms with van der Waals surface area (Å²) in [6, 6.07) is 11.2. The van der Waals surface area contributed by atoms with Crippen LogP contribution in [0.5, 0.6) is 5.75 Å². The van der Waals surface area contributed by atoms with Crippen LogP contribution in [0.2, 0.25) is 0 Å². The van der Waals surface area contributed by atoms with Gasteiger partial charge in [0.15, 0.2) is 0 Å². The van der Waals surface area contributed by atoms with E-state index >= 15 is 0 Å². The molecule has 0 N–H and O–H groups in total. The van der Waals surface area contributed by atoms with Crippen LogP contribution in [0.4, 0.5) is 0 Å². The Hall–Kier alpha value is -2.82. The summed E-state index contributed by atoms with van der Waals surface area (Å²) in [6.45, 7) is 0. The first-order chi connectivity index (χ1) is 10.7. The minimum atomic E-state index is -0.329. The minimum Gasteiger partial charge on any atom is -0.497 e. The second kappa shape index (κ2) is 5.89. The lowest BCUT2D eigenvalue weighted by molar-refractivity contribution is 0.0600. The average Bonchev–Trinajstić information content (AvgIpc) is 2.97. The SMILES string of the molecule is COC(=O)c1ccc(Cc2ncc3cc(OC)ccn23)cc1. The molecule has 0 saturated carbocycles. The van der Waals surface area contributed by atoms with E-state index in [0.29, 0.717) is 12.0 Å². The van der Waals surface area contributed by atoms with Crippen molar-refractivity contribution in [3.63, 3.8) is 0 Å². The van der Waals surface area contributed by atoms with E-state index in [2.05, 4.69) is 4.98 Å². The number of nitrogens with zero attached hydrogens (tertiary/aromatic N) is 2. The summed E-state index contributed by atoms with van der Waals surface area (Å²) < 4.78 is 11.9. The number of carbonyl (C=O) groups excluding carboxylic acids is 1. The Bertz CT molecular complexity index is 806. The number of pyridine rings is 1. The summed E-state index contributed by atoms with van der Waals surface area (Å²) >= 11 is 0. The predicted molar refractivity (Wildman–Crippen MR) is 82.3 cm³/mol. The quantitative estimate of drug-likeness (QED) is 0.695. The lowest BCUT2D eigenvalue weighted by atomic mass is 10.1. The first-order valence-electron chi connectivity index (χ1n) is 6.88. The number of hydrogen-bond acceptors (Lipinski definition) is 4. The Kier molecular flexibility index (Phi) is 3.78. The molecule has 0 amide bonds. The molecule has 3 aromatic rings. The summed E-state index contributed by atoms with van der Waals surface area (Å²) in [5.41, 5.74) is 2.61. The third-order valence-corrected chi connectivity index (χ3v) is 3.55. The van der Waals surface area contributed by atoms with Crippen LogP contribution in [0.3, 0.4) is 0 Å². The topological polar surface area (TPSA) is 52.8 Å². The van der Waals surface area contributed by atoms with Crippen molar-refractivity contribution in [1.29, 1.82) is 0 Å². The Morgan fingerprint density at radius 1 is 1.18 bits per heavy atom. The van der Waals surface area contributed by atoms with Crippen LogP contribution in [0.1, 0.15) is 21.7 Å². The van der Waals surface area contributed by atoms with Gasteiger partial charge >= 0.3 is 5.97 Å². The summed E-state index contributed by atoms with van der Waals surface area (Å²) in [7, 11) is 3.02. The third kappa shape index (κ3) is 2.65. The van der Waals surface area contributed by atoms with Gasteiger partial charge in [-0.1, -0.05) is 12.1 Å². The Morgan fingerprint density at radius 3 is 2.64 bits per heavy atom. The maximum Gasteiger partial charge on any atom is 0.337 e. The van der Waals surface area contributed by atoms with Crippen LogP contribution < -0.4 is 4.74 Å². The lowest BCUT2D eigenvalue weighted by Crippen LogP contribution is -2.01. The van der Waals surface area contributed by atoms with Crippen molar-refractivity contribution < 1.29 is 14.3 Å². The monoisotopic (exact) mass is 296 g/mol. The first-order valence-corrected chi connectivity index (χ1v) is 6.88. The molecule has 0 bridgehead atoms. The molecule has 0 radical (unpaired) electrons. The molecule has 2 aromatic heterocycles. The number of carbonyl (C=O) groups is 1. The maximum absolute atomic E-state index is 11.4. The normalized spacial score (nSPS) is 10.6. The molecular weight excluding hydrogens is 280 g/mol. The molecule has 2 heterocycles. The highest BCUT2D eigenvalue weighted by Gasteiger charge is 2.08. The fraction of sp³-hybridized carbons (Fsp3) is 0.176. The number of imidazole rings is 1. The molecule has 0 fully saturated rings. The van der Waals surface area contributed by atoms with E-state index in [1.165, 1.54) is 7.11 Å². The number of rotatable bonds is 4. The van der Waals surface area contributed by atoms with Crippen molar-refractivity contribution in [3.05, 3.63) is 65.7 Å². The first kappa shape index (κ1) is 14.1. The Labute approximate surface area is 128 Å². The fourth-order valence-corrected chi connectivity index (χ4v) is 2.35. The molecule has 0 unspecified atom stereocenters. The summed E-state index contributed by atoms with van der Waals surface area (Å²) in [5.74, 6) is 1.41. The Balaban J connectivity index is 1.85. The molecule has 5 nitrogen and oxygen atoms in total. The van der Waals surface area contributed by atoms with E-state index in [1.807, 2.05) is 41.1 Å². The van der Waals surface area contributed by atoms with E-state index in [1.54, 1.807) is 19.2 Å². The van der Waals surface area contributed by atoms with E-state index in [-0.39, 0.29) is 5.97 Å². The summed E-state index contributed by atoms with van der Waals surface area (Å²) in [4.78, 5) is 15.9. The second-order valence-corrected chi connectivity index (χ2v) is 4.90. The van der Waals surface area contributed by atoms with Crippen LogP contribution in [0, 0.1) is 0 Å². The number of fused-ring (bicyclic) bond motifs is 1. The molecule has 0 aliphatic carbocycles. The zero-order valence-electron chi connectivity index (χ0n) is 12.4. The zero-order chi connectivity index (χ0) is 15.5. The van der Waals surface area contributed by atoms with Crippen molar-refractivity contribution in [2.24, 2.45) is 0 Å². The van der Waals surface area contributed by atoms with Gasteiger partial charge in [0, 0.05) is 18.7 Å². The van der Waals surface area contributed by atoms with Crippen molar-refractivity contribution in [2.45, 2.75) is 6.42 Å². The highest BCUT2D eigenvalue weighted by atomic mass is 16.5. The number of aromatic nitrogens is 2. The fourth-order valence-electron chi connectivity index (χ4n) is 2.35. The molecular formula is C17H16N2O3. The molecule has 1 aromatic carbocycles. The van der Waals surface area contributed by atoms with Crippen molar-refractivity contribution in [1.82, 2.24) is 9.38 Å². The molecule has 0 aliphatic heterocycles. The van der Waals surface area contributed by atoms with Gasteiger partial charge in [0.2, 0.25) is 0 Å². The third-order valence-electron chi connectivity index (χ3n) is 3.55. The van der Waals surface area contributed by atoms with Crippen molar-refractivity contribution in [2.75, 3.05) is 14.2 Å². The number of benzene rings is 1. The number of methoxy groups -OCH3 is 2. The molecule has 0 aliphatic rings. The van der Waals surface area contributed by atoms with Gasteiger partial charge in [-0.15, -0.1) is 0 Å². The van der Waals surface area contributed by atoms with Crippen LogP contribution >= 0.6 is 0 Å². The van der Waals surface area contributed by atoms with E-state index in [9.17, 15) is 4.79 Å². The van der Waals surface area contributed by atoms with Gasteiger partial charge in [-0.3, -0.25) is 0 Å². The molecule has 0 spiro atoms. The van der Waals surface area contributed by atoms with Crippen molar-refractivity contribution >= 4 is 11.5 Å². The zero-order valence-corrected chi connectivity index (χ0v) is 12.4. The number of esters is 1. The van der Waals surface area contributed by atoms with Gasteiger partial charge in [0.05, 0.1) is 31.5 Å². The highest BCUT2D eigenvalue weighted by molar-refractivity contribution is 5.89. The smallest absolute Gasteiger partial charge is 0.337 e. The second-order valence-electron chi connectivity index (χ2n) is 4.90. The molecule has 112 valence electrons. The van der Waals surface area contributed by atoms with Gasteiger partial charge in [-0.25, -0.2) is 9.78 Å². The van der Waals surface area contributed by atoms with Gasteiger partial charge in [-0.2, -0.15) is 0 Å². The molecule has 3 rings (SSSR count). The highest BCUT2D eigenvalue weighted by Crippen LogP contribution is 2.17. The van der Waals surface area contributed by atoms with E-state index in [4.69, 9.17) is 9.47 Å². The summed E-state index contributed by atoms with van der Waals surface area (Å²) in [5, 5.41) is 0. The van der Waals surface area contributed by atoms with Gasteiger partial charge < -0.3 is 13.9 Å².